The van der Waals surface area contributed by atoms with E-state index in [1.807, 2.05) is 13.8 Å². The molecule has 0 bridgehead atoms. The minimum atomic E-state index is -0.741. The first-order valence-corrected chi connectivity index (χ1v) is 4.82. The van der Waals surface area contributed by atoms with Crippen molar-refractivity contribution in [2.75, 3.05) is 12.0 Å². The number of nitrogens with two attached hydrogens (primary N) is 1. The van der Waals surface area contributed by atoms with Crippen LogP contribution in [0.3, 0.4) is 0 Å². The third kappa shape index (κ3) is 4.60. The van der Waals surface area contributed by atoms with Gasteiger partial charge in [0.1, 0.15) is 0 Å². The van der Waals surface area contributed by atoms with Gasteiger partial charge in [-0.3, -0.25) is 4.21 Å². The molecule has 0 radical (unpaired) electrons. The molecular formula is C6H15NOS. The van der Waals surface area contributed by atoms with Gasteiger partial charge in [-0.05, 0) is 5.92 Å². The zero-order valence-electron chi connectivity index (χ0n) is 6.26. The van der Waals surface area contributed by atoms with Crippen molar-refractivity contribution in [1.29, 1.82) is 0 Å². The molecule has 0 fully saturated rings. The number of hydrogen-bond acceptors (Lipinski definition) is 2. The fourth-order valence-electron chi connectivity index (χ4n) is 0.463. The summed E-state index contributed by atoms with van der Waals surface area (Å²) in [6.45, 7) is 4.08. The Hall–Kier alpha value is 0.110. The van der Waals surface area contributed by atoms with Gasteiger partial charge in [-0.25, -0.2) is 0 Å². The smallest absolute Gasteiger partial charge is 0.0386 e. The van der Waals surface area contributed by atoms with Gasteiger partial charge >= 0.3 is 0 Å². The topological polar surface area (TPSA) is 43.1 Å². The average Bonchev–Trinajstić information content (AvgIpc) is 1.63. The van der Waals surface area contributed by atoms with Crippen LogP contribution in [0.15, 0.2) is 0 Å². The largest absolute Gasteiger partial charge is 0.327 e. The zero-order chi connectivity index (χ0) is 7.44. The van der Waals surface area contributed by atoms with Crippen LogP contribution >= 0.6 is 0 Å². The van der Waals surface area contributed by atoms with Crippen LogP contribution < -0.4 is 5.73 Å². The Labute approximate surface area is 59.3 Å². The van der Waals surface area contributed by atoms with Gasteiger partial charge in [-0.1, -0.05) is 13.8 Å². The molecule has 2 nitrogen and oxygen atoms in total. The Morgan fingerprint density at radius 2 is 2.00 bits per heavy atom. The molecule has 0 aromatic carbocycles. The lowest BCUT2D eigenvalue weighted by Crippen LogP contribution is -2.31. The average molecular weight is 149 g/mol. The van der Waals surface area contributed by atoms with Gasteiger partial charge in [0.15, 0.2) is 0 Å². The third-order valence-corrected chi connectivity index (χ3v) is 2.14. The maximum absolute atomic E-state index is 10.6. The van der Waals surface area contributed by atoms with Gasteiger partial charge in [0, 0.05) is 28.9 Å². The van der Waals surface area contributed by atoms with E-state index in [0.717, 1.165) is 0 Å². The molecule has 0 rings (SSSR count). The normalized spacial score (nSPS) is 17.9. The second kappa shape index (κ2) is 4.01. The van der Waals surface area contributed by atoms with Crippen molar-refractivity contribution in [3.8, 4) is 0 Å². The van der Waals surface area contributed by atoms with Crippen molar-refractivity contribution in [2.45, 2.75) is 19.9 Å². The summed E-state index contributed by atoms with van der Waals surface area (Å²) in [5, 5.41) is 0. The summed E-state index contributed by atoms with van der Waals surface area (Å²) >= 11 is 0. The minimum absolute atomic E-state index is 0.0934. The van der Waals surface area contributed by atoms with Crippen LogP contribution in [-0.4, -0.2) is 22.3 Å². The molecule has 2 N–H and O–H groups in total. The minimum Gasteiger partial charge on any atom is -0.327 e. The van der Waals surface area contributed by atoms with Crippen LogP contribution in [0.4, 0.5) is 0 Å². The van der Waals surface area contributed by atoms with Crippen LogP contribution in [0, 0.1) is 5.92 Å². The van der Waals surface area contributed by atoms with Crippen molar-refractivity contribution in [1.82, 2.24) is 0 Å². The highest BCUT2D eigenvalue weighted by atomic mass is 32.2. The van der Waals surface area contributed by atoms with E-state index >= 15 is 0 Å². The molecule has 0 aliphatic carbocycles. The summed E-state index contributed by atoms with van der Waals surface area (Å²) < 4.78 is 10.6. The summed E-state index contributed by atoms with van der Waals surface area (Å²) in [4.78, 5) is 0. The molecule has 9 heavy (non-hydrogen) atoms. The first-order chi connectivity index (χ1) is 4.04. The predicted molar refractivity (Wildman–Crippen MR) is 41.7 cm³/mol. The van der Waals surface area contributed by atoms with Crippen LogP contribution in [0.2, 0.25) is 0 Å². The van der Waals surface area contributed by atoms with Crippen molar-refractivity contribution >= 4 is 10.8 Å². The second-order valence-electron chi connectivity index (χ2n) is 2.65. The fourth-order valence-corrected chi connectivity index (χ4v) is 1.39. The molecule has 0 amide bonds. The fraction of sp³-hybridized carbons (Fsp3) is 1.00. The summed E-state index contributed by atoms with van der Waals surface area (Å²) in [6.07, 6.45) is 1.68. The molecule has 0 aromatic rings. The molecule has 0 heterocycles. The van der Waals surface area contributed by atoms with E-state index in [4.69, 9.17) is 5.73 Å². The van der Waals surface area contributed by atoms with E-state index in [9.17, 15) is 4.21 Å². The summed E-state index contributed by atoms with van der Waals surface area (Å²) in [5.41, 5.74) is 5.62. The lowest BCUT2D eigenvalue weighted by Gasteiger charge is -2.12. The SMILES string of the molecule is CC(C)C(N)CS(C)=O. The maximum atomic E-state index is 10.6. The Bertz CT molecular complexity index is 103. The van der Waals surface area contributed by atoms with Gasteiger partial charge in [0.05, 0.1) is 0 Å². The Morgan fingerprint density at radius 3 is 2.11 bits per heavy atom. The van der Waals surface area contributed by atoms with Crippen molar-refractivity contribution in [3.05, 3.63) is 0 Å². The molecule has 3 heteroatoms. The maximum Gasteiger partial charge on any atom is 0.0386 e. The molecule has 2 atom stereocenters. The van der Waals surface area contributed by atoms with Crippen LogP contribution in [0.1, 0.15) is 13.8 Å². The first-order valence-electron chi connectivity index (χ1n) is 3.09. The third-order valence-electron chi connectivity index (χ3n) is 1.28. The Kier molecular flexibility index (Phi) is 4.06. The van der Waals surface area contributed by atoms with E-state index in [0.29, 0.717) is 11.7 Å². The van der Waals surface area contributed by atoms with Gasteiger partial charge < -0.3 is 5.73 Å². The Morgan fingerprint density at radius 1 is 1.56 bits per heavy atom. The highest BCUT2D eigenvalue weighted by Crippen LogP contribution is 1.98. The lowest BCUT2D eigenvalue weighted by molar-refractivity contribution is 0.530. The van der Waals surface area contributed by atoms with Gasteiger partial charge in [-0.15, -0.1) is 0 Å². The van der Waals surface area contributed by atoms with Crippen LogP contribution in [-0.2, 0) is 10.8 Å². The molecule has 0 aliphatic heterocycles. The first kappa shape index (κ1) is 9.11. The van der Waals surface area contributed by atoms with Crippen LogP contribution in [0.25, 0.3) is 0 Å². The quantitative estimate of drug-likeness (QED) is 0.629. The molecule has 0 aliphatic rings. The summed E-state index contributed by atoms with van der Waals surface area (Å²) in [7, 11) is -0.741. The van der Waals surface area contributed by atoms with Gasteiger partial charge in [0.25, 0.3) is 0 Å². The molecular weight excluding hydrogens is 134 g/mol. The van der Waals surface area contributed by atoms with E-state index in [1.54, 1.807) is 6.26 Å². The van der Waals surface area contributed by atoms with Crippen molar-refractivity contribution in [3.63, 3.8) is 0 Å². The van der Waals surface area contributed by atoms with E-state index in [1.165, 1.54) is 0 Å². The number of rotatable bonds is 3. The lowest BCUT2D eigenvalue weighted by atomic mass is 10.1. The number of hydrogen-bond donors (Lipinski definition) is 1. The Balaban J connectivity index is 3.50. The van der Waals surface area contributed by atoms with Crippen molar-refractivity contribution < 1.29 is 4.21 Å². The van der Waals surface area contributed by atoms with E-state index < -0.39 is 10.8 Å². The van der Waals surface area contributed by atoms with E-state index in [-0.39, 0.29) is 6.04 Å². The molecule has 0 saturated carbocycles. The summed E-state index contributed by atoms with van der Waals surface area (Å²) in [5.74, 6) is 1.06. The molecule has 0 aromatic heterocycles. The monoisotopic (exact) mass is 149 g/mol. The van der Waals surface area contributed by atoms with Crippen LogP contribution in [0.5, 0.6) is 0 Å². The van der Waals surface area contributed by atoms with Gasteiger partial charge in [0.2, 0.25) is 0 Å². The van der Waals surface area contributed by atoms with Gasteiger partial charge in [-0.2, -0.15) is 0 Å². The van der Waals surface area contributed by atoms with E-state index in [2.05, 4.69) is 0 Å². The predicted octanol–water partition coefficient (Wildman–Crippen LogP) is 0.348. The second-order valence-corrected chi connectivity index (χ2v) is 4.13. The molecule has 0 saturated heterocycles. The molecule has 2 unspecified atom stereocenters. The highest BCUT2D eigenvalue weighted by molar-refractivity contribution is 7.84. The zero-order valence-corrected chi connectivity index (χ0v) is 7.07. The highest BCUT2D eigenvalue weighted by Gasteiger charge is 2.07. The molecule has 56 valence electrons. The molecule has 0 spiro atoms. The van der Waals surface area contributed by atoms with Crippen molar-refractivity contribution in [2.24, 2.45) is 11.7 Å². The summed E-state index contributed by atoms with van der Waals surface area (Å²) in [6, 6.07) is 0.0934. The standard InChI is InChI=1S/C6H15NOS/c1-5(2)6(7)4-9(3)8/h5-6H,4,7H2,1-3H3.